The first-order valence-corrected chi connectivity index (χ1v) is 7.02. The van der Waals surface area contributed by atoms with E-state index in [2.05, 4.69) is 27.0 Å². The molecule has 1 aliphatic carbocycles. The summed E-state index contributed by atoms with van der Waals surface area (Å²) in [5.41, 5.74) is 11.5. The van der Waals surface area contributed by atoms with Crippen molar-refractivity contribution in [1.29, 1.82) is 0 Å². The van der Waals surface area contributed by atoms with Crippen LogP contribution in [-0.4, -0.2) is 50.5 Å². The van der Waals surface area contributed by atoms with E-state index in [0.29, 0.717) is 6.54 Å². The predicted molar refractivity (Wildman–Crippen MR) is 78.8 cm³/mol. The van der Waals surface area contributed by atoms with Crippen molar-refractivity contribution in [2.75, 3.05) is 26.3 Å². The molecule has 0 spiro atoms. The summed E-state index contributed by atoms with van der Waals surface area (Å²) in [6.07, 6.45) is 0.972. The Morgan fingerprint density at radius 2 is 1.91 bits per heavy atom. The average molecular weight is 330 g/mol. The van der Waals surface area contributed by atoms with Crippen LogP contribution in [0.25, 0.3) is 0 Å². The molecule has 0 aromatic heterocycles. The molecule has 130 valence electrons. The van der Waals surface area contributed by atoms with Gasteiger partial charge in [-0.3, -0.25) is 4.79 Å². The van der Waals surface area contributed by atoms with E-state index in [1.54, 1.807) is 0 Å². The average Bonchev–Trinajstić information content (AvgIpc) is 3.27. The molecule has 23 heavy (non-hydrogen) atoms. The van der Waals surface area contributed by atoms with Crippen LogP contribution in [-0.2, 0) is 19.1 Å². The van der Waals surface area contributed by atoms with Crippen LogP contribution in [0, 0.1) is 5.41 Å². The fourth-order valence-electron chi connectivity index (χ4n) is 1.84. The third-order valence-corrected chi connectivity index (χ3v) is 3.23. The molecule has 1 aliphatic rings. The lowest BCUT2D eigenvalue weighted by molar-refractivity contribution is -0.148. The minimum Gasteiger partial charge on any atom is -0.461 e. The van der Waals surface area contributed by atoms with E-state index in [1.807, 2.05) is 0 Å². The number of rotatable bonds is 11. The number of carbonyl (C=O) groups excluding carboxylic acids is 3. The largest absolute Gasteiger partial charge is 0.461 e. The number of hydrogen-bond donors (Lipinski definition) is 4. The molecule has 1 unspecified atom stereocenters. The molecule has 10 nitrogen and oxygen atoms in total. The molecular formula is C13H22N4O6. The number of nitrogens with one attached hydrogen (secondary N) is 2. The van der Waals surface area contributed by atoms with Gasteiger partial charge in [0, 0.05) is 13.1 Å². The zero-order valence-corrected chi connectivity index (χ0v) is 12.7. The number of carbonyl (C=O) groups is 3. The summed E-state index contributed by atoms with van der Waals surface area (Å²) in [6.45, 7) is 4.15. The molecule has 1 atom stereocenters. The van der Waals surface area contributed by atoms with Crippen LogP contribution in [0.3, 0.4) is 0 Å². The fraction of sp³-hybridized carbons (Fsp3) is 0.615. The van der Waals surface area contributed by atoms with Crippen molar-refractivity contribution < 1.29 is 28.7 Å². The molecule has 2 amide bonds. The standard InChI is InChI=1S/C13H22N4O6/c1-2-5-21-10(18)13(3-4-13)8-16-6-9(7-22-11(14)19)17-23-12(15)20/h2,9,16-17H,1,3-8H2,(H2,14,19)(H2,15,20). The number of primary amides is 2. The molecule has 0 aromatic rings. The molecule has 0 bridgehead atoms. The Bertz CT molecular complexity index is 434. The van der Waals surface area contributed by atoms with E-state index in [-0.39, 0.29) is 25.7 Å². The highest BCUT2D eigenvalue weighted by atomic mass is 16.7. The molecular weight excluding hydrogens is 308 g/mol. The molecule has 0 saturated heterocycles. The van der Waals surface area contributed by atoms with Crippen LogP contribution in [0.4, 0.5) is 9.59 Å². The fourth-order valence-corrected chi connectivity index (χ4v) is 1.84. The highest BCUT2D eigenvalue weighted by Crippen LogP contribution is 2.46. The van der Waals surface area contributed by atoms with Crippen molar-refractivity contribution in [1.82, 2.24) is 10.8 Å². The van der Waals surface area contributed by atoms with Crippen LogP contribution < -0.4 is 22.3 Å². The van der Waals surface area contributed by atoms with Crippen LogP contribution in [0.15, 0.2) is 12.7 Å². The minimum absolute atomic E-state index is 0.135. The van der Waals surface area contributed by atoms with Gasteiger partial charge in [0.2, 0.25) is 0 Å². The molecule has 0 heterocycles. The van der Waals surface area contributed by atoms with Gasteiger partial charge >= 0.3 is 18.2 Å². The second kappa shape index (κ2) is 8.96. The number of hydrogen-bond acceptors (Lipinski definition) is 8. The van der Waals surface area contributed by atoms with Crippen molar-refractivity contribution >= 4 is 18.2 Å². The second-order valence-electron chi connectivity index (χ2n) is 5.16. The van der Waals surface area contributed by atoms with Gasteiger partial charge in [0.25, 0.3) is 0 Å². The summed E-state index contributed by atoms with van der Waals surface area (Å²) in [7, 11) is 0. The molecule has 1 rings (SSSR count). The zero-order valence-electron chi connectivity index (χ0n) is 12.7. The zero-order chi connectivity index (χ0) is 17.3. The van der Waals surface area contributed by atoms with Gasteiger partial charge in [-0.25, -0.2) is 9.59 Å². The molecule has 0 aromatic carbocycles. The van der Waals surface area contributed by atoms with Crippen molar-refractivity contribution in [2.45, 2.75) is 18.9 Å². The Kier molecular flexibility index (Phi) is 7.29. The first kappa shape index (κ1) is 18.7. The van der Waals surface area contributed by atoms with E-state index in [9.17, 15) is 14.4 Å². The van der Waals surface area contributed by atoms with E-state index in [0.717, 1.165) is 12.8 Å². The quantitative estimate of drug-likeness (QED) is 0.165. The molecule has 1 fully saturated rings. The van der Waals surface area contributed by atoms with Crippen molar-refractivity contribution in [3.63, 3.8) is 0 Å². The third kappa shape index (κ3) is 6.98. The topological polar surface area (TPSA) is 155 Å². The Balaban J connectivity index is 2.38. The predicted octanol–water partition coefficient (Wildman–Crippen LogP) is -0.851. The number of hydroxylamine groups is 1. The molecule has 0 aliphatic heterocycles. The summed E-state index contributed by atoms with van der Waals surface area (Å²) in [6, 6.07) is -0.574. The maximum absolute atomic E-state index is 11.9. The van der Waals surface area contributed by atoms with Gasteiger partial charge in [-0.15, -0.1) is 5.48 Å². The number of ether oxygens (including phenoxy) is 2. The maximum Gasteiger partial charge on any atom is 0.423 e. The molecule has 6 N–H and O–H groups in total. The highest BCUT2D eigenvalue weighted by molar-refractivity contribution is 5.80. The van der Waals surface area contributed by atoms with Crippen LogP contribution >= 0.6 is 0 Å². The second-order valence-corrected chi connectivity index (χ2v) is 5.16. The maximum atomic E-state index is 11.9. The lowest BCUT2D eigenvalue weighted by Crippen LogP contribution is -2.46. The number of esters is 1. The van der Waals surface area contributed by atoms with Gasteiger partial charge < -0.3 is 31.1 Å². The first-order chi connectivity index (χ1) is 10.9. The van der Waals surface area contributed by atoms with Gasteiger partial charge in [0.05, 0.1) is 11.5 Å². The minimum atomic E-state index is -1.03. The Morgan fingerprint density at radius 3 is 2.43 bits per heavy atom. The highest BCUT2D eigenvalue weighted by Gasteiger charge is 2.50. The smallest absolute Gasteiger partial charge is 0.423 e. The van der Waals surface area contributed by atoms with E-state index >= 15 is 0 Å². The van der Waals surface area contributed by atoms with E-state index in [1.165, 1.54) is 6.08 Å². The molecule has 1 saturated carbocycles. The summed E-state index contributed by atoms with van der Waals surface area (Å²) in [5.74, 6) is -0.281. The van der Waals surface area contributed by atoms with E-state index in [4.69, 9.17) is 16.2 Å². The third-order valence-electron chi connectivity index (χ3n) is 3.23. The van der Waals surface area contributed by atoms with Crippen molar-refractivity contribution in [2.24, 2.45) is 16.9 Å². The summed E-state index contributed by atoms with van der Waals surface area (Å²) < 4.78 is 9.69. The van der Waals surface area contributed by atoms with Crippen LogP contribution in [0.1, 0.15) is 12.8 Å². The molecule has 0 radical (unpaired) electrons. The Labute approximate surface area is 133 Å². The number of amides is 2. The van der Waals surface area contributed by atoms with Gasteiger partial charge in [-0.1, -0.05) is 12.7 Å². The van der Waals surface area contributed by atoms with Gasteiger partial charge in [0.15, 0.2) is 0 Å². The summed E-state index contributed by atoms with van der Waals surface area (Å²) >= 11 is 0. The lowest BCUT2D eigenvalue weighted by Gasteiger charge is -2.19. The lowest BCUT2D eigenvalue weighted by atomic mass is 10.1. The van der Waals surface area contributed by atoms with Crippen molar-refractivity contribution in [3.8, 4) is 0 Å². The summed E-state index contributed by atoms with van der Waals surface area (Å²) in [4.78, 5) is 37.6. The normalized spacial score (nSPS) is 16.0. The summed E-state index contributed by atoms with van der Waals surface area (Å²) in [5, 5.41) is 3.04. The first-order valence-electron chi connectivity index (χ1n) is 7.02. The van der Waals surface area contributed by atoms with E-state index < -0.39 is 23.6 Å². The van der Waals surface area contributed by atoms with Gasteiger partial charge in [-0.05, 0) is 12.8 Å². The number of nitrogens with two attached hydrogens (primary N) is 2. The SMILES string of the molecule is C=CCOC(=O)C1(CNCC(COC(N)=O)NOC(N)=O)CC1. The van der Waals surface area contributed by atoms with Crippen LogP contribution in [0.2, 0.25) is 0 Å². The van der Waals surface area contributed by atoms with Crippen LogP contribution in [0.5, 0.6) is 0 Å². The molecule has 10 heteroatoms. The van der Waals surface area contributed by atoms with Gasteiger partial charge in [-0.2, -0.15) is 0 Å². The monoisotopic (exact) mass is 330 g/mol. The van der Waals surface area contributed by atoms with Gasteiger partial charge in [0.1, 0.15) is 13.2 Å². The Hall–Kier alpha value is -2.33. The Morgan fingerprint density at radius 1 is 1.22 bits per heavy atom. The van der Waals surface area contributed by atoms with Crippen molar-refractivity contribution in [3.05, 3.63) is 12.7 Å².